The molecule has 0 atom stereocenters. The number of azide groups is 1. The summed E-state index contributed by atoms with van der Waals surface area (Å²) in [5.41, 5.74) is 13.9. The van der Waals surface area contributed by atoms with Gasteiger partial charge in [0.25, 0.3) is 0 Å². The summed E-state index contributed by atoms with van der Waals surface area (Å²) in [6.45, 7) is 8.20. The lowest BCUT2D eigenvalue weighted by Gasteiger charge is -2.19. The highest BCUT2D eigenvalue weighted by atomic mass is 19.1. The summed E-state index contributed by atoms with van der Waals surface area (Å²) in [5.74, 6) is 0.00344. The van der Waals surface area contributed by atoms with Crippen molar-refractivity contribution in [1.29, 1.82) is 0 Å². The average Bonchev–Trinajstić information content (AvgIpc) is 3.41. The average molecular weight is 549 g/mol. The Morgan fingerprint density at radius 1 is 1.23 bits per heavy atom. The van der Waals surface area contributed by atoms with Crippen molar-refractivity contribution in [3.8, 4) is 16.9 Å². The number of benzene rings is 1. The molecule has 1 N–H and O–H groups in total. The Hall–Kier alpha value is -4.57. The van der Waals surface area contributed by atoms with Crippen molar-refractivity contribution in [2.24, 2.45) is 12.2 Å². The Balaban J connectivity index is 1.51. The molecule has 0 fully saturated rings. The zero-order chi connectivity index (χ0) is 28.9. The first-order valence-corrected chi connectivity index (χ1v) is 12.9. The van der Waals surface area contributed by atoms with Gasteiger partial charge in [0.2, 0.25) is 0 Å². The van der Waals surface area contributed by atoms with Crippen LogP contribution < -0.4 is 10.1 Å². The molecular formula is C28H33FN8O3. The van der Waals surface area contributed by atoms with Crippen LogP contribution in [0.5, 0.6) is 5.75 Å². The predicted molar refractivity (Wildman–Crippen MR) is 149 cm³/mol. The molecule has 0 saturated heterocycles. The standard InChI is InChI=1S/C28H33FN8O3/c1-18-22(24(16-33-35-30)34-36(18)5)11-13-39-25-14-20(29)7-8-23(25)19-6-9-26-32-15-21(37(26)17-19)10-12-31-27(38)40-28(2,3)4/h6-9,14-15,17H,10-13,16H2,1-5H3,(H,31,38). The first-order valence-electron chi connectivity index (χ1n) is 12.9. The van der Waals surface area contributed by atoms with Crippen LogP contribution in [0.4, 0.5) is 9.18 Å². The Morgan fingerprint density at radius 2 is 2.02 bits per heavy atom. The van der Waals surface area contributed by atoms with Gasteiger partial charge in [-0.15, -0.1) is 0 Å². The van der Waals surface area contributed by atoms with E-state index in [1.807, 2.05) is 57.5 Å². The molecule has 40 heavy (non-hydrogen) atoms. The number of alkyl carbamates (subject to hydrolysis) is 1. The highest BCUT2D eigenvalue weighted by molar-refractivity contribution is 5.71. The minimum Gasteiger partial charge on any atom is -0.492 e. The Bertz CT molecular complexity index is 1560. The van der Waals surface area contributed by atoms with Crippen molar-refractivity contribution in [1.82, 2.24) is 24.5 Å². The normalized spacial score (nSPS) is 11.3. The maximum atomic E-state index is 14.3. The number of aromatic nitrogens is 4. The van der Waals surface area contributed by atoms with Gasteiger partial charge in [-0.3, -0.25) is 4.68 Å². The number of ether oxygens (including phenoxy) is 2. The molecule has 0 radical (unpaired) electrons. The van der Waals surface area contributed by atoms with Crippen LogP contribution in [0.15, 0.2) is 47.8 Å². The van der Waals surface area contributed by atoms with Crippen molar-refractivity contribution in [3.05, 3.63) is 81.6 Å². The second-order valence-electron chi connectivity index (χ2n) is 10.3. The maximum Gasteiger partial charge on any atom is 0.407 e. The molecule has 3 heterocycles. The summed E-state index contributed by atoms with van der Waals surface area (Å²) in [5, 5.41) is 10.8. The first kappa shape index (κ1) is 28.4. The van der Waals surface area contributed by atoms with E-state index in [1.54, 1.807) is 16.9 Å². The summed E-state index contributed by atoms with van der Waals surface area (Å²) >= 11 is 0. The third-order valence-electron chi connectivity index (χ3n) is 6.32. The number of aryl methyl sites for hydroxylation is 1. The van der Waals surface area contributed by atoms with Crippen LogP contribution in [0.3, 0.4) is 0 Å². The number of carbonyl (C=O) groups excluding carboxylic acids is 1. The summed E-state index contributed by atoms with van der Waals surface area (Å²) < 4.78 is 29.3. The molecule has 210 valence electrons. The molecule has 0 unspecified atom stereocenters. The quantitative estimate of drug-likeness (QED) is 0.155. The fraction of sp³-hybridized carbons (Fsp3) is 0.393. The summed E-state index contributed by atoms with van der Waals surface area (Å²) in [7, 11) is 1.83. The molecule has 4 aromatic rings. The van der Waals surface area contributed by atoms with E-state index >= 15 is 0 Å². The minimum atomic E-state index is -0.567. The van der Waals surface area contributed by atoms with Crippen LogP contribution in [0.1, 0.15) is 43.4 Å². The minimum absolute atomic E-state index is 0.152. The molecule has 0 aliphatic heterocycles. The topological polar surface area (TPSA) is 131 Å². The lowest BCUT2D eigenvalue weighted by molar-refractivity contribution is 0.0528. The fourth-order valence-corrected chi connectivity index (χ4v) is 4.37. The molecule has 0 aliphatic rings. The van der Waals surface area contributed by atoms with E-state index in [4.69, 9.17) is 15.0 Å². The Labute approximate surface area is 231 Å². The second kappa shape index (κ2) is 12.1. The Kier molecular flexibility index (Phi) is 8.59. The van der Waals surface area contributed by atoms with E-state index in [-0.39, 0.29) is 13.2 Å². The number of amides is 1. The summed E-state index contributed by atoms with van der Waals surface area (Å²) in [4.78, 5) is 19.3. The maximum absolute atomic E-state index is 14.3. The van der Waals surface area contributed by atoms with Gasteiger partial charge < -0.3 is 19.2 Å². The van der Waals surface area contributed by atoms with Gasteiger partial charge in [0.05, 0.1) is 18.8 Å². The molecule has 11 nitrogen and oxygen atoms in total. The fourth-order valence-electron chi connectivity index (χ4n) is 4.37. The molecule has 3 aromatic heterocycles. The molecule has 0 bridgehead atoms. The SMILES string of the molecule is Cc1c(CCOc2cc(F)ccc2-c2ccc3ncc(CCNC(=O)OC(C)(C)C)n3c2)c(CN=[N+]=[N-])nn1C. The molecule has 0 spiro atoms. The molecule has 12 heteroatoms. The van der Waals surface area contributed by atoms with Crippen LogP contribution in [-0.4, -0.2) is 44.0 Å². The highest BCUT2D eigenvalue weighted by Gasteiger charge is 2.17. The van der Waals surface area contributed by atoms with Gasteiger partial charge in [0, 0.05) is 72.3 Å². The monoisotopic (exact) mass is 548 g/mol. The van der Waals surface area contributed by atoms with Gasteiger partial charge in [0.15, 0.2) is 0 Å². The number of halogens is 1. The highest BCUT2D eigenvalue weighted by Crippen LogP contribution is 2.32. The van der Waals surface area contributed by atoms with Gasteiger partial charge in [-0.25, -0.2) is 14.2 Å². The molecule has 0 aliphatic carbocycles. The molecule has 1 aromatic carbocycles. The summed E-state index contributed by atoms with van der Waals surface area (Å²) in [6, 6.07) is 8.25. The van der Waals surface area contributed by atoms with Crippen LogP contribution in [0, 0.1) is 12.7 Å². The lowest BCUT2D eigenvalue weighted by Crippen LogP contribution is -2.33. The Morgan fingerprint density at radius 3 is 2.77 bits per heavy atom. The van der Waals surface area contributed by atoms with Crippen molar-refractivity contribution in [2.75, 3.05) is 13.2 Å². The van der Waals surface area contributed by atoms with Gasteiger partial charge in [-0.05, 0) is 63.1 Å². The van der Waals surface area contributed by atoms with E-state index < -0.39 is 17.5 Å². The van der Waals surface area contributed by atoms with Crippen LogP contribution >= 0.6 is 0 Å². The van der Waals surface area contributed by atoms with Crippen LogP contribution in [-0.2, 0) is 31.2 Å². The summed E-state index contributed by atoms with van der Waals surface area (Å²) in [6.07, 6.45) is 4.28. The number of rotatable bonds is 10. The van der Waals surface area contributed by atoms with Crippen LogP contribution in [0.25, 0.3) is 27.2 Å². The molecular weight excluding hydrogens is 515 g/mol. The molecule has 4 rings (SSSR count). The van der Waals surface area contributed by atoms with Gasteiger partial charge >= 0.3 is 6.09 Å². The largest absolute Gasteiger partial charge is 0.492 e. The number of hydrogen-bond acceptors (Lipinski definition) is 6. The molecule has 0 saturated carbocycles. The lowest BCUT2D eigenvalue weighted by atomic mass is 10.1. The zero-order valence-electron chi connectivity index (χ0n) is 23.3. The number of imidazole rings is 1. The van der Waals surface area contributed by atoms with E-state index in [9.17, 15) is 9.18 Å². The van der Waals surface area contributed by atoms with E-state index in [0.717, 1.165) is 33.7 Å². The van der Waals surface area contributed by atoms with Gasteiger partial charge in [-0.1, -0.05) is 5.11 Å². The number of fused-ring (bicyclic) bond motifs is 1. The molecule has 1 amide bonds. The number of hydrogen-bond donors (Lipinski definition) is 1. The zero-order valence-corrected chi connectivity index (χ0v) is 23.3. The number of pyridine rings is 1. The number of carbonyl (C=O) groups is 1. The second-order valence-corrected chi connectivity index (χ2v) is 10.3. The van der Waals surface area contributed by atoms with Crippen molar-refractivity contribution in [2.45, 2.75) is 52.7 Å². The van der Waals surface area contributed by atoms with Crippen LogP contribution in [0.2, 0.25) is 0 Å². The predicted octanol–water partition coefficient (Wildman–Crippen LogP) is 5.68. The third kappa shape index (κ3) is 6.89. The van der Waals surface area contributed by atoms with Gasteiger partial charge in [-0.2, -0.15) is 5.10 Å². The van der Waals surface area contributed by atoms with E-state index in [1.165, 1.54) is 12.1 Å². The van der Waals surface area contributed by atoms with Gasteiger partial charge in [0.1, 0.15) is 22.8 Å². The number of nitrogens with zero attached hydrogens (tertiary/aromatic N) is 7. The number of nitrogens with one attached hydrogen (secondary N) is 1. The van der Waals surface area contributed by atoms with Crippen molar-refractivity contribution >= 4 is 11.7 Å². The third-order valence-corrected chi connectivity index (χ3v) is 6.32. The first-order chi connectivity index (χ1) is 19.1. The van der Waals surface area contributed by atoms with E-state index in [2.05, 4.69) is 25.4 Å². The van der Waals surface area contributed by atoms with Crippen molar-refractivity contribution in [3.63, 3.8) is 0 Å². The van der Waals surface area contributed by atoms with Crippen molar-refractivity contribution < 1.29 is 18.7 Å². The van der Waals surface area contributed by atoms with E-state index in [0.29, 0.717) is 30.8 Å². The smallest absolute Gasteiger partial charge is 0.407 e.